The Morgan fingerprint density at radius 2 is 1.62 bits per heavy atom. The zero-order valence-electron chi connectivity index (χ0n) is 31.3. The van der Waals surface area contributed by atoms with Crippen molar-refractivity contribution in [2.75, 3.05) is 35.2 Å². The predicted octanol–water partition coefficient (Wildman–Crippen LogP) is 4.85. The number of aliphatic hydroxyl groups is 1. The average Bonchev–Trinajstić information content (AvgIpc) is 3.94. The van der Waals surface area contributed by atoms with Crippen molar-refractivity contribution >= 4 is 46.5 Å². The first-order valence-electron chi connectivity index (χ1n) is 18.8. The summed E-state index contributed by atoms with van der Waals surface area (Å²) in [5.74, 6) is -2.46. The van der Waals surface area contributed by atoms with E-state index in [0.29, 0.717) is 37.6 Å². The summed E-state index contributed by atoms with van der Waals surface area (Å²) in [5, 5.41) is 32.5. The number of amides is 3. The van der Waals surface area contributed by atoms with Crippen LogP contribution in [0.15, 0.2) is 91.3 Å². The molecule has 2 aromatic heterocycles. The molecule has 0 bridgehead atoms. The number of carbonyl (C=O) groups is 3. The fourth-order valence-electron chi connectivity index (χ4n) is 7.42. The maximum Gasteiger partial charge on any atom is 0.490 e. The molecule has 1 aliphatic heterocycles. The molecule has 3 amide bonds. The van der Waals surface area contributed by atoms with Gasteiger partial charge in [0.05, 0.1) is 18.4 Å². The van der Waals surface area contributed by atoms with Crippen molar-refractivity contribution in [2.45, 2.75) is 68.6 Å². The van der Waals surface area contributed by atoms with Gasteiger partial charge in [0.15, 0.2) is 23.1 Å². The van der Waals surface area contributed by atoms with Gasteiger partial charge >= 0.3 is 18.2 Å². The number of aromatic hydroxyl groups is 1. The first-order chi connectivity index (χ1) is 27.9. The Morgan fingerprint density at radius 1 is 0.948 bits per heavy atom. The van der Waals surface area contributed by atoms with Crippen LogP contribution in [0.25, 0.3) is 11.2 Å². The molecule has 0 unspecified atom stereocenters. The molecule has 3 aromatic carbocycles. The number of ether oxygens (including phenoxy) is 1. The van der Waals surface area contributed by atoms with Crippen LogP contribution in [0.4, 0.5) is 35.4 Å². The molecule has 1 saturated heterocycles. The Kier molecular flexibility index (Phi) is 11.6. The number of hydrogen-bond donors (Lipinski definition) is 6. The number of hydrogen-bond acceptors (Lipinski definition) is 11. The highest BCUT2D eigenvalue weighted by atomic mass is 19.4. The van der Waals surface area contributed by atoms with E-state index in [1.54, 1.807) is 19.1 Å². The van der Waals surface area contributed by atoms with Gasteiger partial charge in [-0.3, -0.25) is 4.79 Å². The predicted molar refractivity (Wildman–Crippen MR) is 207 cm³/mol. The minimum absolute atomic E-state index is 0.0532. The standard InChI is InChI=1S/C40H42F3N9O6/c1-2-31(54)48-29-19-30(34(33(29)55)58-37(56)40(41,42)43)52-22-45-32-35(44-20-28(23-9-5-3-6-10-23)24-11-7-4-8-12-24)49-38(50-36(32)52)51-18-17-26(21-51)47-39(57)46-25-13-15-27(53)16-14-25/h3-16,22,26,28-30,33-34,53,55H,2,17-21H2,1H3,(H,48,54)(H,44,49,50)(H2,46,47,57)/t26-,29+,30-,33-,34+/m1/s1. The van der Waals surface area contributed by atoms with Gasteiger partial charge in [-0.2, -0.15) is 23.1 Å². The Balaban J connectivity index is 1.23. The molecule has 3 heterocycles. The first kappa shape index (κ1) is 39.8. The van der Waals surface area contributed by atoms with Crippen molar-refractivity contribution < 1.29 is 42.5 Å². The number of anilines is 3. The van der Waals surface area contributed by atoms with E-state index in [-0.39, 0.29) is 47.7 Å². The molecule has 1 saturated carbocycles. The van der Waals surface area contributed by atoms with E-state index in [2.05, 4.69) is 26.3 Å². The number of benzene rings is 3. The van der Waals surface area contributed by atoms with Crippen LogP contribution in [-0.2, 0) is 14.3 Å². The monoisotopic (exact) mass is 801 g/mol. The fourth-order valence-corrected chi connectivity index (χ4v) is 7.42. The molecule has 0 radical (unpaired) electrons. The number of urea groups is 1. The van der Waals surface area contributed by atoms with Gasteiger partial charge in [-0.15, -0.1) is 0 Å². The SMILES string of the molecule is CCC(=O)N[C@H]1C[C@@H](n2cnc3c(NCC(c4ccccc4)c4ccccc4)nc(N4CC[C@@H](NC(=O)Nc5ccc(O)cc5)C4)nc32)[C@H](OC(=O)C(F)(F)F)[C@@H]1O. The molecule has 7 rings (SSSR count). The average molecular weight is 802 g/mol. The number of nitrogens with zero attached hydrogens (tertiary/aromatic N) is 5. The topological polar surface area (TPSA) is 196 Å². The molecule has 2 aliphatic rings. The second-order valence-corrected chi connectivity index (χ2v) is 14.2. The number of halogens is 3. The van der Waals surface area contributed by atoms with Crippen molar-refractivity contribution in [2.24, 2.45) is 0 Å². The third-order valence-electron chi connectivity index (χ3n) is 10.3. The normalized spacial score (nSPS) is 20.6. The summed E-state index contributed by atoms with van der Waals surface area (Å²) < 4.78 is 46.9. The van der Waals surface area contributed by atoms with Gasteiger partial charge < -0.3 is 45.7 Å². The van der Waals surface area contributed by atoms with Crippen LogP contribution in [0.1, 0.15) is 49.3 Å². The lowest BCUT2D eigenvalue weighted by atomic mass is 9.91. The molecular weight excluding hydrogens is 759 g/mol. The molecule has 1 aliphatic carbocycles. The van der Waals surface area contributed by atoms with Gasteiger partial charge in [0.25, 0.3) is 0 Å². The summed E-state index contributed by atoms with van der Waals surface area (Å²) in [6.07, 6.45) is -6.93. The second-order valence-electron chi connectivity index (χ2n) is 14.2. The zero-order valence-corrected chi connectivity index (χ0v) is 31.3. The lowest BCUT2D eigenvalue weighted by molar-refractivity contribution is -0.209. The molecule has 15 nitrogen and oxygen atoms in total. The van der Waals surface area contributed by atoms with Gasteiger partial charge in [-0.05, 0) is 48.2 Å². The summed E-state index contributed by atoms with van der Waals surface area (Å²) in [4.78, 5) is 53.6. The maximum atomic E-state index is 13.5. The summed E-state index contributed by atoms with van der Waals surface area (Å²) in [5.41, 5.74) is 3.00. The van der Waals surface area contributed by atoms with Gasteiger partial charge in [-0.1, -0.05) is 67.6 Å². The first-order valence-corrected chi connectivity index (χ1v) is 18.8. The Hall–Kier alpha value is -6.43. The number of rotatable bonds is 12. The number of alkyl halides is 3. The molecule has 18 heteroatoms. The van der Waals surface area contributed by atoms with Crippen LogP contribution in [0.2, 0.25) is 0 Å². The molecule has 58 heavy (non-hydrogen) atoms. The fraction of sp³-hybridized carbons (Fsp3) is 0.350. The Labute approximate surface area is 330 Å². The van der Waals surface area contributed by atoms with E-state index in [9.17, 15) is 37.8 Å². The number of aliphatic hydroxyl groups excluding tert-OH is 1. The van der Waals surface area contributed by atoms with Gasteiger partial charge in [-0.25, -0.2) is 14.6 Å². The number of aromatic nitrogens is 4. The van der Waals surface area contributed by atoms with Crippen LogP contribution in [0.5, 0.6) is 5.75 Å². The lowest BCUT2D eigenvalue weighted by Gasteiger charge is -2.25. The highest BCUT2D eigenvalue weighted by Gasteiger charge is 2.51. The van der Waals surface area contributed by atoms with Gasteiger partial charge in [0.1, 0.15) is 11.9 Å². The van der Waals surface area contributed by atoms with E-state index in [4.69, 9.17) is 14.7 Å². The van der Waals surface area contributed by atoms with Crippen molar-refractivity contribution in [3.05, 3.63) is 102 Å². The number of fused-ring (bicyclic) bond motifs is 1. The van der Waals surface area contributed by atoms with Crippen molar-refractivity contribution in [1.82, 2.24) is 30.2 Å². The van der Waals surface area contributed by atoms with Crippen LogP contribution in [-0.4, -0.2) is 97.7 Å². The third kappa shape index (κ3) is 8.91. The number of phenols is 1. The lowest BCUT2D eigenvalue weighted by Crippen LogP contribution is -2.45. The van der Waals surface area contributed by atoms with Crippen LogP contribution >= 0.6 is 0 Å². The maximum absolute atomic E-state index is 13.5. The number of imidazole rings is 1. The number of nitrogens with one attached hydrogen (secondary N) is 4. The summed E-state index contributed by atoms with van der Waals surface area (Å²) >= 11 is 0. The number of carbonyl (C=O) groups excluding carboxylic acids is 3. The van der Waals surface area contributed by atoms with Crippen LogP contribution in [0.3, 0.4) is 0 Å². The summed E-state index contributed by atoms with van der Waals surface area (Å²) in [7, 11) is 0. The molecule has 5 aromatic rings. The third-order valence-corrected chi connectivity index (χ3v) is 10.3. The minimum Gasteiger partial charge on any atom is -0.508 e. The summed E-state index contributed by atoms with van der Waals surface area (Å²) in [6.45, 7) is 2.68. The van der Waals surface area contributed by atoms with Crippen LogP contribution < -0.4 is 26.2 Å². The Morgan fingerprint density at radius 3 is 2.26 bits per heavy atom. The Bertz CT molecular complexity index is 2190. The van der Waals surface area contributed by atoms with E-state index in [1.165, 1.54) is 23.0 Å². The highest BCUT2D eigenvalue weighted by molar-refractivity contribution is 5.89. The minimum atomic E-state index is -5.34. The van der Waals surface area contributed by atoms with E-state index in [0.717, 1.165) is 11.1 Å². The molecule has 5 atom stereocenters. The van der Waals surface area contributed by atoms with E-state index < -0.39 is 48.4 Å². The molecule has 2 fully saturated rings. The second kappa shape index (κ2) is 17.0. The molecule has 304 valence electrons. The molecule has 6 N–H and O–H groups in total. The number of phenolic OH excluding ortho intramolecular Hbond substituents is 1. The quantitative estimate of drug-likeness (QED) is 0.0746. The van der Waals surface area contributed by atoms with E-state index in [1.807, 2.05) is 65.6 Å². The zero-order chi connectivity index (χ0) is 41.0. The van der Waals surface area contributed by atoms with Crippen molar-refractivity contribution in [3.8, 4) is 5.75 Å². The molecular formula is C40H42F3N9O6. The van der Waals surface area contributed by atoms with Crippen molar-refractivity contribution in [3.63, 3.8) is 0 Å². The molecule has 0 spiro atoms. The number of esters is 1. The largest absolute Gasteiger partial charge is 0.508 e. The van der Waals surface area contributed by atoms with Crippen LogP contribution in [0, 0.1) is 0 Å². The smallest absolute Gasteiger partial charge is 0.490 e. The van der Waals surface area contributed by atoms with Gasteiger partial charge in [0.2, 0.25) is 11.9 Å². The van der Waals surface area contributed by atoms with Gasteiger partial charge in [0, 0.05) is 43.7 Å². The van der Waals surface area contributed by atoms with E-state index >= 15 is 0 Å². The summed E-state index contributed by atoms with van der Waals surface area (Å²) in [6, 6.07) is 22.8. The van der Waals surface area contributed by atoms with Crippen molar-refractivity contribution in [1.29, 1.82) is 0 Å². The highest BCUT2D eigenvalue weighted by Crippen LogP contribution is 2.38.